The first-order chi connectivity index (χ1) is 6.29. The van der Waals surface area contributed by atoms with Crippen LogP contribution in [-0.4, -0.2) is 11.3 Å². The van der Waals surface area contributed by atoms with Crippen LogP contribution in [0.15, 0.2) is 6.07 Å². The Hall–Kier alpha value is -0.880. The number of anilines is 1. The summed E-state index contributed by atoms with van der Waals surface area (Å²) < 4.78 is 39.0. The molecule has 0 aliphatic carbocycles. The fraction of sp³-hybridized carbons (Fsp3) is 0.167. The zero-order chi connectivity index (χ0) is 10.9. The van der Waals surface area contributed by atoms with Crippen molar-refractivity contribution < 1.29 is 17.9 Å². The molecule has 0 fully saturated rings. The molecule has 0 aromatic carbocycles. The number of ether oxygens (including phenoxy) is 1. The fourth-order valence-electron chi connectivity index (χ4n) is 0.693. The number of nitrogen functional groups attached to an aromatic ring is 1. The van der Waals surface area contributed by atoms with Crippen LogP contribution >= 0.6 is 23.2 Å². The van der Waals surface area contributed by atoms with E-state index in [0.29, 0.717) is 0 Å². The smallest absolute Gasteiger partial charge is 0.404 e. The quantitative estimate of drug-likeness (QED) is 0.776. The molecule has 78 valence electrons. The molecule has 3 nitrogen and oxygen atoms in total. The van der Waals surface area contributed by atoms with E-state index in [-0.39, 0.29) is 11.0 Å². The molecule has 1 heterocycles. The minimum atomic E-state index is -4.85. The predicted octanol–water partition coefficient (Wildman–Crippen LogP) is 2.87. The van der Waals surface area contributed by atoms with Gasteiger partial charge in [0.05, 0.1) is 0 Å². The first-order valence-electron chi connectivity index (χ1n) is 3.17. The minimum Gasteiger partial charge on any atom is -0.404 e. The average molecular weight is 247 g/mol. The predicted molar refractivity (Wildman–Crippen MR) is 45.4 cm³/mol. The Balaban J connectivity index is 3.09. The molecule has 2 N–H and O–H groups in total. The summed E-state index contributed by atoms with van der Waals surface area (Å²) in [6, 6.07) is 0.835. The van der Waals surface area contributed by atoms with E-state index in [1.165, 1.54) is 0 Å². The zero-order valence-corrected chi connectivity index (χ0v) is 7.91. The highest BCUT2D eigenvalue weighted by molar-refractivity contribution is 6.42. The van der Waals surface area contributed by atoms with Gasteiger partial charge in [0.2, 0.25) is 0 Å². The van der Waals surface area contributed by atoms with Crippen LogP contribution in [0.2, 0.25) is 10.2 Å². The lowest BCUT2D eigenvalue weighted by atomic mass is 10.4. The topological polar surface area (TPSA) is 48.1 Å². The van der Waals surface area contributed by atoms with Crippen molar-refractivity contribution >= 4 is 29.0 Å². The third-order valence-corrected chi connectivity index (χ3v) is 1.86. The van der Waals surface area contributed by atoms with E-state index in [2.05, 4.69) is 9.72 Å². The molecule has 8 heteroatoms. The molecule has 14 heavy (non-hydrogen) atoms. The fourth-order valence-corrected chi connectivity index (χ4v) is 1.02. The summed E-state index contributed by atoms with van der Waals surface area (Å²) >= 11 is 10.8. The van der Waals surface area contributed by atoms with Gasteiger partial charge in [-0.2, -0.15) is 0 Å². The number of pyridine rings is 1. The van der Waals surface area contributed by atoms with Gasteiger partial charge in [0, 0.05) is 6.07 Å². The lowest BCUT2D eigenvalue weighted by Crippen LogP contribution is -2.17. The number of alkyl halides is 3. The van der Waals surface area contributed by atoms with Gasteiger partial charge in [0.1, 0.15) is 10.8 Å². The van der Waals surface area contributed by atoms with Crippen LogP contribution in [0.25, 0.3) is 0 Å². The van der Waals surface area contributed by atoms with Gasteiger partial charge in [0.25, 0.3) is 0 Å². The highest BCUT2D eigenvalue weighted by atomic mass is 35.5. The number of rotatable bonds is 1. The number of hydrogen-bond acceptors (Lipinski definition) is 3. The van der Waals surface area contributed by atoms with E-state index >= 15 is 0 Å². The third-order valence-electron chi connectivity index (χ3n) is 1.13. The molecule has 0 aliphatic rings. The summed E-state index contributed by atoms with van der Waals surface area (Å²) in [4.78, 5) is 3.43. The molecule has 1 aromatic rings. The SMILES string of the molecule is Nc1cc(OC(F)(F)F)c(Cl)c(Cl)n1. The van der Waals surface area contributed by atoms with Gasteiger partial charge in [-0.1, -0.05) is 23.2 Å². The Labute approximate surface area is 86.6 Å². The maximum Gasteiger partial charge on any atom is 0.573 e. The molecule has 0 radical (unpaired) electrons. The first kappa shape index (κ1) is 11.2. The van der Waals surface area contributed by atoms with Gasteiger partial charge in [-0.15, -0.1) is 13.2 Å². The number of hydrogen-bond donors (Lipinski definition) is 1. The van der Waals surface area contributed by atoms with Crippen molar-refractivity contribution in [2.45, 2.75) is 6.36 Å². The number of halogens is 5. The molecule has 1 aromatic heterocycles. The van der Waals surface area contributed by atoms with Gasteiger partial charge in [-0.3, -0.25) is 0 Å². The molecule has 0 aliphatic heterocycles. The second-order valence-electron chi connectivity index (χ2n) is 2.20. The highest BCUT2D eigenvalue weighted by Gasteiger charge is 2.32. The normalized spacial score (nSPS) is 11.5. The Bertz CT molecular complexity index is 356. The van der Waals surface area contributed by atoms with Crippen LogP contribution in [-0.2, 0) is 0 Å². The van der Waals surface area contributed by atoms with Crippen LogP contribution in [0.3, 0.4) is 0 Å². The molecule has 0 atom stereocenters. The lowest BCUT2D eigenvalue weighted by Gasteiger charge is -2.10. The molecule has 0 unspecified atom stereocenters. The Morgan fingerprint density at radius 2 is 1.93 bits per heavy atom. The molecular weight excluding hydrogens is 244 g/mol. The van der Waals surface area contributed by atoms with E-state index in [0.717, 1.165) is 6.07 Å². The van der Waals surface area contributed by atoms with Crippen molar-refractivity contribution in [3.05, 3.63) is 16.2 Å². The summed E-state index contributed by atoms with van der Waals surface area (Å²) in [6.45, 7) is 0. The van der Waals surface area contributed by atoms with Crippen LogP contribution in [0.1, 0.15) is 0 Å². The van der Waals surface area contributed by atoms with Gasteiger partial charge in [-0.25, -0.2) is 4.98 Å². The summed E-state index contributed by atoms with van der Waals surface area (Å²) in [5.74, 6) is -0.879. The molecule has 0 saturated carbocycles. The Morgan fingerprint density at radius 1 is 1.36 bits per heavy atom. The summed E-state index contributed by atoms with van der Waals surface area (Å²) in [7, 11) is 0. The molecular formula is C6H3Cl2F3N2O. The van der Waals surface area contributed by atoms with Gasteiger partial charge in [-0.05, 0) is 0 Å². The third kappa shape index (κ3) is 2.81. The van der Waals surface area contributed by atoms with Gasteiger partial charge in [0.15, 0.2) is 10.9 Å². The van der Waals surface area contributed by atoms with Crippen LogP contribution < -0.4 is 10.5 Å². The summed E-state index contributed by atoms with van der Waals surface area (Å²) in [5, 5.41) is -0.774. The molecule has 1 rings (SSSR count). The minimum absolute atomic E-state index is 0.210. The van der Waals surface area contributed by atoms with Gasteiger partial charge < -0.3 is 10.5 Å². The lowest BCUT2D eigenvalue weighted by molar-refractivity contribution is -0.274. The van der Waals surface area contributed by atoms with Crippen molar-refractivity contribution in [1.82, 2.24) is 4.98 Å². The highest BCUT2D eigenvalue weighted by Crippen LogP contribution is 2.35. The van der Waals surface area contributed by atoms with E-state index in [9.17, 15) is 13.2 Å². The maximum atomic E-state index is 11.8. The standard InChI is InChI=1S/C6H3Cl2F3N2O/c7-4-2(14-6(9,10)11)1-3(12)13-5(4)8/h1H,(H2,12,13). The largest absolute Gasteiger partial charge is 0.573 e. The Morgan fingerprint density at radius 3 is 2.43 bits per heavy atom. The van der Waals surface area contributed by atoms with Crippen molar-refractivity contribution in [3.63, 3.8) is 0 Å². The number of nitrogens with two attached hydrogens (primary N) is 1. The van der Waals surface area contributed by atoms with Crippen LogP contribution in [0.4, 0.5) is 19.0 Å². The van der Waals surface area contributed by atoms with Gasteiger partial charge >= 0.3 is 6.36 Å². The van der Waals surface area contributed by atoms with Crippen LogP contribution in [0.5, 0.6) is 5.75 Å². The second kappa shape index (κ2) is 3.70. The van der Waals surface area contributed by atoms with Crippen molar-refractivity contribution in [2.75, 3.05) is 5.73 Å². The van der Waals surface area contributed by atoms with E-state index in [1.54, 1.807) is 0 Å². The van der Waals surface area contributed by atoms with E-state index in [1.807, 2.05) is 0 Å². The maximum absolute atomic E-state index is 11.8. The van der Waals surface area contributed by atoms with Crippen molar-refractivity contribution in [2.24, 2.45) is 0 Å². The molecule has 0 spiro atoms. The number of nitrogens with zero attached hydrogens (tertiary/aromatic N) is 1. The summed E-state index contributed by atoms with van der Waals surface area (Å²) in [5.41, 5.74) is 5.15. The molecule has 0 amide bonds. The van der Waals surface area contributed by atoms with Crippen molar-refractivity contribution in [1.29, 1.82) is 0 Å². The molecule has 0 saturated heterocycles. The summed E-state index contributed by atoms with van der Waals surface area (Å²) in [6.07, 6.45) is -4.85. The average Bonchev–Trinajstić information content (AvgIpc) is 1.96. The van der Waals surface area contributed by atoms with Crippen LogP contribution in [0, 0.1) is 0 Å². The second-order valence-corrected chi connectivity index (χ2v) is 2.93. The Kier molecular flexibility index (Phi) is 2.96. The zero-order valence-electron chi connectivity index (χ0n) is 6.40. The van der Waals surface area contributed by atoms with E-state index < -0.39 is 17.1 Å². The molecule has 0 bridgehead atoms. The van der Waals surface area contributed by atoms with Crippen molar-refractivity contribution in [3.8, 4) is 5.75 Å². The monoisotopic (exact) mass is 246 g/mol. The first-order valence-corrected chi connectivity index (χ1v) is 3.92. The number of aromatic nitrogens is 1. The van der Waals surface area contributed by atoms with E-state index in [4.69, 9.17) is 28.9 Å².